The van der Waals surface area contributed by atoms with Gasteiger partial charge >= 0.3 is 0 Å². The maximum absolute atomic E-state index is 5.21. The summed E-state index contributed by atoms with van der Waals surface area (Å²) >= 11 is 3.39. The van der Waals surface area contributed by atoms with E-state index in [2.05, 4.69) is 27.3 Å². The van der Waals surface area contributed by atoms with Gasteiger partial charge in [0, 0.05) is 10.0 Å². The Morgan fingerprint density at radius 2 is 2.00 bits per heavy atom. The molecule has 0 saturated carbocycles. The lowest BCUT2D eigenvalue weighted by atomic mass is 10.2. The molecule has 0 amide bonds. The molecule has 2 aromatic carbocycles. The Balaban J connectivity index is 1.89. The second kappa shape index (κ2) is 6.95. The maximum atomic E-state index is 5.21. The van der Waals surface area contributed by atoms with E-state index >= 15 is 0 Å². The first kappa shape index (κ1) is 13.6. The molecule has 0 atom stereocenters. The van der Waals surface area contributed by atoms with Gasteiger partial charge in [0.05, 0.1) is 7.11 Å². The van der Waals surface area contributed by atoms with Crippen molar-refractivity contribution in [1.29, 1.82) is 0 Å². The summed E-state index contributed by atoms with van der Waals surface area (Å²) in [7, 11) is 1.64. The van der Waals surface area contributed by atoms with E-state index in [-0.39, 0.29) is 0 Å². The van der Waals surface area contributed by atoms with Crippen molar-refractivity contribution in [2.24, 2.45) is 5.16 Å². The Hall–Kier alpha value is -1.81. The molecule has 0 saturated heterocycles. The molecule has 2 aromatic rings. The van der Waals surface area contributed by atoms with Gasteiger partial charge in [-0.15, -0.1) is 0 Å². The van der Waals surface area contributed by atoms with Crippen LogP contribution in [-0.2, 0) is 11.4 Å². The average Bonchev–Trinajstić information content (AvgIpc) is 2.44. The number of hydrogen-bond acceptors (Lipinski definition) is 3. The van der Waals surface area contributed by atoms with E-state index in [0.717, 1.165) is 21.3 Å². The number of benzene rings is 2. The van der Waals surface area contributed by atoms with E-state index in [1.54, 1.807) is 7.11 Å². The number of hydrogen-bond donors (Lipinski definition) is 0. The van der Waals surface area contributed by atoms with Crippen molar-refractivity contribution in [2.45, 2.75) is 6.61 Å². The standard InChI is InChI=1S/C15H13BrNO2/c1-18-15-7-3-5-13(9-15)11-19-17-10-12-4-2-6-14(16)8-12/h2-9H,11H2,1H3. The topological polar surface area (TPSA) is 30.8 Å². The van der Waals surface area contributed by atoms with Gasteiger partial charge in [0.15, 0.2) is 0 Å². The zero-order chi connectivity index (χ0) is 13.5. The van der Waals surface area contributed by atoms with Gasteiger partial charge in [-0.1, -0.05) is 45.4 Å². The largest absolute Gasteiger partial charge is 0.497 e. The molecule has 0 unspecified atom stereocenters. The van der Waals surface area contributed by atoms with Crippen molar-refractivity contribution in [3.63, 3.8) is 0 Å². The monoisotopic (exact) mass is 318 g/mol. The maximum Gasteiger partial charge on any atom is 0.142 e. The Morgan fingerprint density at radius 1 is 1.16 bits per heavy atom. The second-order valence-electron chi connectivity index (χ2n) is 3.84. The molecule has 0 N–H and O–H groups in total. The second-order valence-corrected chi connectivity index (χ2v) is 4.75. The van der Waals surface area contributed by atoms with Gasteiger partial charge in [-0.25, -0.2) is 0 Å². The summed E-state index contributed by atoms with van der Waals surface area (Å²) < 4.78 is 6.12. The third-order valence-corrected chi connectivity index (χ3v) is 2.92. The molecule has 97 valence electrons. The Bertz CT molecular complexity index is 570. The minimum Gasteiger partial charge on any atom is -0.497 e. The van der Waals surface area contributed by atoms with E-state index in [0.29, 0.717) is 6.61 Å². The molecule has 0 fully saturated rings. The minimum absolute atomic E-state index is 0.387. The molecule has 19 heavy (non-hydrogen) atoms. The van der Waals surface area contributed by atoms with E-state index in [1.165, 1.54) is 0 Å². The summed E-state index contributed by atoms with van der Waals surface area (Å²) in [5.74, 6) is 0.807. The molecule has 4 heteroatoms. The van der Waals surface area contributed by atoms with Crippen LogP contribution in [0.3, 0.4) is 0 Å². The molecule has 1 radical (unpaired) electrons. The summed E-state index contributed by atoms with van der Waals surface area (Å²) in [4.78, 5) is 5.21. The van der Waals surface area contributed by atoms with Crippen LogP contribution in [0, 0.1) is 0 Å². The molecular weight excluding hydrogens is 306 g/mol. The molecule has 0 aliphatic heterocycles. The third-order valence-electron chi connectivity index (χ3n) is 2.43. The Labute approximate surface area is 121 Å². The highest BCUT2D eigenvalue weighted by Gasteiger charge is 1.96. The minimum atomic E-state index is 0.387. The van der Waals surface area contributed by atoms with Crippen LogP contribution >= 0.6 is 15.9 Å². The van der Waals surface area contributed by atoms with Gasteiger partial charge in [-0.3, -0.25) is 0 Å². The lowest BCUT2D eigenvalue weighted by Gasteiger charge is -2.02. The van der Waals surface area contributed by atoms with Crippen LogP contribution in [0.2, 0.25) is 0 Å². The highest BCUT2D eigenvalue weighted by molar-refractivity contribution is 9.10. The lowest BCUT2D eigenvalue weighted by Crippen LogP contribution is -1.90. The van der Waals surface area contributed by atoms with Crippen LogP contribution in [0.1, 0.15) is 11.1 Å². The van der Waals surface area contributed by atoms with Gasteiger partial charge in [-0.2, -0.15) is 0 Å². The number of ether oxygens (including phenoxy) is 1. The van der Waals surface area contributed by atoms with Crippen molar-refractivity contribution < 1.29 is 9.57 Å². The Morgan fingerprint density at radius 3 is 2.79 bits per heavy atom. The number of nitrogens with zero attached hydrogens (tertiary/aromatic N) is 1. The quantitative estimate of drug-likeness (QED) is 0.618. The zero-order valence-corrected chi connectivity index (χ0v) is 12.1. The number of rotatable bonds is 5. The molecular formula is C15H13BrNO2. The summed E-state index contributed by atoms with van der Waals surface area (Å²) in [5, 5.41) is 3.82. The predicted octanol–water partition coefficient (Wildman–Crippen LogP) is 3.89. The normalized spacial score (nSPS) is 10.6. The SMILES string of the molecule is COc1cccc(CO/N=[C]\c2cccc(Br)c2)c1. The molecule has 2 rings (SSSR count). The summed E-state index contributed by atoms with van der Waals surface area (Å²) in [6.45, 7) is 0.387. The number of halogens is 1. The highest BCUT2D eigenvalue weighted by atomic mass is 79.9. The molecule has 0 bridgehead atoms. The van der Waals surface area contributed by atoms with Crippen molar-refractivity contribution >= 4 is 22.1 Å². The van der Waals surface area contributed by atoms with E-state index in [1.807, 2.05) is 48.5 Å². The van der Waals surface area contributed by atoms with Crippen LogP contribution in [0.4, 0.5) is 0 Å². The van der Waals surface area contributed by atoms with Gasteiger partial charge in [-0.05, 0) is 29.8 Å². The average molecular weight is 319 g/mol. The van der Waals surface area contributed by atoms with Gasteiger partial charge in [0.1, 0.15) is 18.6 Å². The van der Waals surface area contributed by atoms with Crippen LogP contribution in [0.15, 0.2) is 58.2 Å². The fourth-order valence-electron chi connectivity index (χ4n) is 1.51. The predicted molar refractivity (Wildman–Crippen MR) is 78.5 cm³/mol. The first-order valence-corrected chi connectivity index (χ1v) is 6.54. The molecule has 0 aliphatic carbocycles. The van der Waals surface area contributed by atoms with Crippen molar-refractivity contribution in [2.75, 3.05) is 7.11 Å². The smallest absolute Gasteiger partial charge is 0.142 e. The van der Waals surface area contributed by atoms with Crippen LogP contribution in [0.5, 0.6) is 5.75 Å². The zero-order valence-electron chi connectivity index (χ0n) is 10.5. The van der Waals surface area contributed by atoms with Crippen LogP contribution < -0.4 is 4.74 Å². The molecule has 0 aliphatic rings. The Kier molecular flexibility index (Phi) is 4.98. The summed E-state index contributed by atoms with van der Waals surface area (Å²) in [5.41, 5.74) is 1.86. The van der Waals surface area contributed by atoms with E-state index < -0.39 is 0 Å². The van der Waals surface area contributed by atoms with Gasteiger partial charge in [0.2, 0.25) is 0 Å². The fourth-order valence-corrected chi connectivity index (χ4v) is 1.91. The van der Waals surface area contributed by atoms with Crippen molar-refractivity contribution in [3.8, 4) is 5.75 Å². The summed E-state index contributed by atoms with van der Waals surface area (Å²) in [6.07, 6.45) is 2.83. The first-order valence-electron chi connectivity index (χ1n) is 5.74. The third kappa shape index (κ3) is 4.41. The van der Waals surface area contributed by atoms with Crippen molar-refractivity contribution in [3.05, 3.63) is 64.1 Å². The molecule has 0 aromatic heterocycles. The van der Waals surface area contributed by atoms with Crippen molar-refractivity contribution in [1.82, 2.24) is 0 Å². The lowest BCUT2D eigenvalue weighted by molar-refractivity contribution is 0.132. The fraction of sp³-hybridized carbons (Fsp3) is 0.133. The number of methoxy groups -OCH3 is 1. The van der Waals surface area contributed by atoms with Crippen LogP contribution in [0.25, 0.3) is 0 Å². The van der Waals surface area contributed by atoms with Gasteiger partial charge in [0.25, 0.3) is 0 Å². The highest BCUT2D eigenvalue weighted by Crippen LogP contribution is 2.13. The van der Waals surface area contributed by atoms with E-state index in [4.69, 9.17) is 9.57 Å². The molecule has 0 spiro atoms. The van der Waals surface area contributed by atoms with Gasteiger partial charge < -0.3 is 9.57 Å². The van der Waals surface area contributed by atoms with Crippen LogP contribution in [-0.4, -0.2) is 13.3 Å². The molecule has 3 nitrogen and oxygen atoms in total. The first-order chi connectivity index (χ1) is 9.28. The van der Waals surface area contributed by atoms with E-state index in [9.17, 15) is 0 Å². The summed E-state index contributed by atoms with van der Waals surface area (Å²) in [6, 6.07) is 15.4. The molecule has 0 heterocycles.